The van der Waals surface area contributed by atoms with Crippen molar-refractivity contribution in [1.29, 1.82) is 0 Å². The summed E-state index contributed by atoms with van der Waals surface area (Å²) >= 11 is 0. The first kappa shape index (κ1) is 18.4. The number of hydrogen-bond acceptors (Lipinski definition) is 3. The van der Waals surface area contributed by atoms with E-state index in [2.05, 4.69) is 4.72 Å². The summed E-state index contributed by atoms with van der Waals surface area (Å²) in [6, 6.07) is 22.1. The fraction of sp³-hybridized carbons (Fsp3) is 0.136. The van der Waals surface area contributed by atoms with Crippen molar-refractivity contribution in [3.63, 3.8) is 0 Å². The lowest BCUT2D eigenvalue weighted by atomic mass is 10.2. The number of nitrogens with zero attached hydrogens (tertiary/aromatic N) is 1. The molecule has 4 rings (SSSR count). The van der Waals surface area contributed by atoms with E-state index in [9.17, 15) is 13.2 Å². The summed E-state index contributed by atoms with van der Waals surface area (Å²) in [5.74, 6) is -0.149. The van der Waals surface area contributed by atoms with Crippen LogP contribution < -0.4 is 4.72 Å². The third-order valence-electron chi connectivity index (χ3n) is 4.79. The molecule has 0 atom stereocenters. The Balaban J connectivity index is 1.57. The van der Waals surface area contributed by atoms with Crippen molar-refractivity contribution in [2.75, 3.05) is 6.54 Å². The second-order valence-electron chi connectivity index (χ2n) is 6.72. The summed E-state index contributed by atoms with van der Waals surface area (Å²) in [6.07, 6.45) is 0.0633. The Morgan fingerprint density at radius 1 is 0.857 bits per heavy atom. The monoisotopic (exact) mass is 392 g/mol. The van der Waals surface area contributed by atoms with Crippen LogP contribution in [0.2, 0.25) is 0 Å². The van der Waals surface area contributed by atoms with E-state index in [4.69, 9.17) is 0 Å². The van der Waals surface area contributed by atoms with Gasteiger partial charge in [-0.2, -0.15) is 0 Å². The van der Waals surface area contributed by atoms with Crippen LogP contribution in [0.3, 0.4) is 0 Å². The predicted molar refractivity (Wildman–Crippen MR) is 111 cm³/mol. The molecule has 6 heteroatoms. The Morgan fingerprint density at radius 3 is 1.96 bits per heavy atom. The Kier molecular flexibility index (Phi) is 4.75. The van der Waals surface area contributed by atoms with E-state index in [0.29, 0.717) is 0 Å². The molecule has 0 aliphatic heterocycles. The Labute approximate surface area is 163 Å². The average Bonchev–Trinajstić information content (AvgIpc) is 3.03. The molecule has 142 valence electrons. The van der Waals surface area contributed by atoms with E-state index in [0.717, 1.165) is 27.4 Å². The van der Waals surface area contributed by atoms with Gasteiger partial charge in [-0.1, -0.05) is 54.1 Å². The zero-order valence-corrected chi connectivity index (χ0v) is 16.2. The maximum absolute atomic E-state index is 12.9. The van der Waals surface area contributed by atoms with Crippen LogP contribution in [0.15, 0.2) is 77.7 Å². The van der Waals surface area contributed by atoms with E-state index in [1.165, 1.54) is 0 Å². The molecule has 0 saturated carbocycles. The van der Waals surface area contributed by atoms with Crippen LogP contribution in [-0.2, 0) is 10.0 Å². The van der Waals surface area contributed by atoms with Gasteiger partial charge < -0.3 is 0 Å². The van der Waals surface area contributed by atoms with Gasteiger partial charge in [0.05, 0.1) is 15.9 Å². The third kappa shape index (κ3) is 3.32. The van der Waals surface area contributed by atoms with Crippen molar-refractivity contribution in [1.82, 2.24) is 9.29 Å². The number of carbonyl (C=O) groups excluding carboxylic acids is 1. The van der Waals surface area contributed by atoms with Crippen molar-refractivity contribution < 1.29 is 13.2 Å². The highest BCUT2D eigenvalue weighted by Gasteiger charge is 2.17. The van der Waals surface area contributed by atoms with Crippen molar-refractivity contribution in [2.24, 2.45) is 0 Å². The van der Waals surface area contributed by atoms with E-state index < -0.39 is 10.0 Å². The van der Waals surface area contributed by atoms with Crippen molar-refractivity contribution in [2.45, 2.75) is 18.2 Å². The topological polar surface area (TPSA) is 68.2 Å². The summed E-state index contributed by atoms with van der Waals surface area (Å²) in [4.78, 5) is 13.1. The minimum absolute atomic E-state index is 0.0376. The fourth-order valence-corrected chi connectivity index (χ4v) is 4.43. The highest BCUT2D eigenvalue weighted by molar-refractivity contribution is 7.89. The zero-order chi connectivity index (χ0) is 19.7. The second-order valence-corrected chi connectivity index (χ2v) is 8.49. The van der Waals surface area contributed by atoms with Crippen molar-refractivity contribution in [3.05, 3.63) is 78.4 Å². The van der Waals surface area contributed by atoms with Gasteiger partial charge in [0.1, 0.15) is 0 Å². The molecule has 0 spiro atoms. The number of benzene rings is 3. The minimum atomic E-state index is -3.64. The Bertz CT molecular complexity index is 1220. The van der Waals surface area contributed by atoms with Gasteiger partial charge in [0.2, 0.25) is 15.9 Å². The SMILES string of the molecule is Cc1ccc(S(=O)(=O)NCCC(=O)n2c3ccccc3c3ccccc32)cc1. The molecule has 0 amide bonds. The highest BCUT2D eigenvalue weighted by atomic mass is 32.2. The van der Waals surface area contributed by atoms with Crippen molar-refractivity contribution >= 4 is 37.7 Å². The van der Waals surface area contributed by atoms with E-state index in [-0.39, 0.29) is 23.8 Å². The average molecular weight is 392 g/mol. The van der Waals surface area contributed by atoms with Crippen LogP contribution in [-0.4, -0.2) is 25.4 Å². The van der Waals surface area contributed by atoms with Gasteiger partial charge in [0, 0.05) is 23.7 Å². The molecule has 5 nitrogen and oxygen atoms in total. The lowest BCUT2D eigenvalue weighted by Gasteiger charge is -2.09. The maximum atomic E-state index is 12.9. The lowest BCUT2D eigenvalue weighted by Crippen LogP contribution is -2.27. The van der Waals surface area contributed by atoms with Gasteiger partial charge in [0.25, 0.3) is 0 Å². The number of carbonyl (C=O) groups is 1. The molecule has 1 aromatic heterocycles. The summed E-state index contributed by atoms with van der Waals surface area (Å²) in [5.41, 5.74) is 2.64. The van der Waals surface area contributed by atoms with Gasteiger partial charge in [-0.05, 0) is 31.2 Å². The molecule has 0 radical (unpaired) electrons. The molecule has 1 heterocycles. The first-order valence-corrected chi connectivity index (χ1v) is 10.5. The Morgan fingerprint density at radius 2 is 1.39 bits per heavy atom. The number of aryl methyl sites for hydroxylation is 1. The molecule has 4 aromatic rings. The van der Waals surface area contributed by atoms with Gasteiger partial charge in [-0.3, -0.25) is 9.36 Å². The van der Waals surface area contributed by atoms with Crippen LogP contribution in [0.5, 0.6) is 0 Å². The van der Waals surface area contributed by atoms with Crippen LogP contribution >= 0.6 is 0 Å². The molecular weight excluding hydrogens is 372 g/mol. The molecule has 0 aliphatic carbocycles. The van der Waals surface area contributed by atoms with Crippen molar-refractivity contribution in [3.8, 4) is 0 Å². The van der Waals surface area contributed by atoms with E-state index in [1.54, 1.807) is 28.8 Å². The van der Waals surface area contributed by atoms with Crippen LogP contribution in [0.1, 0.15) is 16.8 Å². The number of nitrogens with one attached hydrogen (secondary N) is 1. The number of hydrogen-bond donors (Lipinski definition) is 1. The standard InChI is InChI=1S/C22H20N2O3S/c1-16-10-12-17(13-11-16)28(26,27)23-15-14-22(25)24-20-8-4-2-6-18(20)19-7-3-5-9-21(19)24/h2-13,23H,14-15H2,1H3. The zero-order valence-electron chi connectivity index (χ0n) is 15.4. The van der Waals surface area contributed by atoms with Crippen LogP contribution in [0.25, 0.3) is 21.8 Å². The molecule has 0 fully saturated rings. The lowest BCUT2D eigenvalue weighted by molar-refractivity contribution is 0.0915. The van der Waals surface area contributed by atoms with E-state index >= 15 is 0 Å². The maximum Gasteiger partial charge on any atom is 0.240 e. The molecule has 0 saturated heterocycles. The fourth-order valence-electron chi connectivity index (χ4n) is 3.40. The normalized spacial score (nSPS) is 11.9. The number of sulfonamides is 1. The summed E-state index contributed by atoms with van der Waals surface area (Å²) in [7, 11) is -3.64. The van der Waals surface area contributed by atoms with Gasteiger partial charge >= 0.3 is 0 Å². The summed E-state index contributed by atoms with van der Waals surface area (Å²) in [6.45, 7) is 1.93. The third-order valence-corrected chi connectivity index (χ3v) is 6.27. The smallest absolute Gasteiger partial charge is 0.240 e. The number of fused-ring (bicyclic) bond motifs is 3. The molecule has 0 aliphatic rings. The van der Waals surface area contributed by atoms with E-state index in [1.807, 2.05) is 55.5 Å². The van der Waals surface area contributed by atoms with Gasteiger partial charge in [-0.15, -0.1) is 0 Å². The first-order chi connectivity index (χ1) is 13.5. The van der Waals surface area contributed by atoms with Crippen LogP contribution in [0.4, 0.5) is 0 Å². The first-order valence-electron chi connectivity index (χ1n) is 9.05. The quantitative estimate of drug-likeness (QED) is 0.556. The van der Waals surface area contributed by atoms with Gasteiger partial charge in [-0.25, -0.2) is 13.1 Å². The number of para-hydroxylation sites is 2. The summed E-state index contributed by atoms with van der Waals surface area (Å²) in [5, 5.41) is 2.01. The molecule has 0 bridgehead atoms. The highest BCUT2D eigenvalue weighted by Crippen LogP contribution is 2.28. The number of aromatic nitrogens is 1. The molecule has 3 aromatic carbocycles. The van der Waals surface area contributed by atoms with Crippen LogP contribution in [0, 0.1) is 6.92 Å². The largest absolute Gasteiger partial charge is 0.280 e. The molecule has 0 unspecified atom stereocenters. The number of rotatable bonds is 5. The minimum Gasteiger partial charge on any atom is -0.280 e. The Hall–Kier alpha value is -2.96. The predicted octanol–water partition coefficient (Wildman–Crippen LogP) is 4.11. The van der Waals surface area contributed by atoms with Gasteiger partial charge in [0.15, 0.2) is 0 Å². The molecule has 1 N–H and O–H groups in total. The summed E-state index contributed by atoms with van der Waals surface area (Å²) < 4.78 is 29.0. The molecule has 28 heavy (non-hydrogen) atoms. The second kappa shape index (κ2) is 7.22. The molecular formula is C22H20N2O3S.